The normalized spacial score (nSPS) is 27.3. The molecule has 0 saturated heterocycles. The zero-order valence-electron chi connectivity index (χ0n) is 7.96. The lowest BCUT2D eigenvalue weighted by molar-refractivity contribution is -0.123. The molecule has 1 fully saturated rings. The largest absolute Gasteiger partial charge is 0.300 e. The second-order valence-corrected chi connectivity index (χ2v) is 4.07. The van der Waals surface area contributed by atoms with Gasteiger partial charge < -0.3 is 4.79 Å². The maximum absolute atomic E-state index is 11.4. The molecule has 0 heterocycles. The minimum atomic E-state index is 0.131. The van der Waals surface area contributed by atoms with Crippen molar-refractivity contribution in [3.8, 4) is 0 Å². The van der Waals surface area contributed by atoms with Gasteiger partial charge in [0.2, 0.25) is 0 Å². The van der Waals surface area contributed by atoms with Crippen LogP contribution in [0.4, 0.5) is 0 Å². The Hall–Kier alpha value is -0.660. The molecule has 2 nitrogen and oxygen atoms in total. The molecule has 2 heteroatoms. The van der Waals surface area contributed by atoms with E-state index in [-0.39, 0.29) is 17.6 Å². The third kappa shape index (κ3) is 2.16. The van der Waals surface area contributed by atoms with Gasteiger partial charge in [-0.05, 0) is 19.3 Å². The first-order chi connectivity index (χ1) is 5.52. The third-order valence-corrected chi connectivity index (χ3v) is 2.41. The molecule has 1 rings (SSSR count). The summed E-state index contributed by atoms with van der Waals surface area (Å²) in [5.41, 5.74) is 0. The molecule has 0 aliphatic heterocycles. The molecule has 0 spiro atoms. The quantitative estimate of drug-likeness (QED) is 0.641. The molecule has 0 aromatic heterocycles. The van der Waals surface area contributed by atoms with Crippen LogP contribution in [0.3, 0.4) is 0 Å². The van der Waals surface area contributed by atoms with E-state index in [4.69, 9.17) is 0 Å². The molecule has 68 valence electrons. The van der Waals surface area contributed by atoms with Crippen molar-refractivity contribution in [1.29, 1.82) is 0 Å². The van der Waals surface area contributed by atoms with Crippen LogP contribution in [0, 0.1) is 17.8 Å². The Morgan fingerprint density at radius 2 is 2.00 bits per heavy atom. The van der Waals surface area contributed by atoms with Crippen LogP contribution in [0.15, 0.2) is 0 Å². The van der Waals surface area contributed by atoms with Crippen molar-refractivity contribution in [2.24, 2.45) is 17.8 Å². The van der Waals surface area contributed by atoms with Crippen molar-refractivity contribution in [3.05, 3.63) is 0 Å². The number of hydrogen-bond donors (Lipinski definition) is 0. The number of carbonyl (C=O) groups is 2. The predicted molar refractivity (Wildman–Crippen MR) is 46.7 cm³/mol. The fraction of sp³-hybridized carbons (Fsp3) is 0.800. The van der Waals surface area contributed by atoms with Crippen LogP contribution < -0.4 is 0 Å². The third-order valence-electron chi connectivity index (χ3n) is 2.41. The number of ketones is 2. The van der Waals surface area contributed by atoms with Gasteiger partial charge in [-0.15, -0.1) is 0 Å². The molecular weight excluding hydrogens is 152 g/mol. The molecule has 0 amide bonds. The molecule has 0 aromatic rings. The van der Waals surface area contributed by atoms with Gasteiger partial charge >= 0.3 is 0 Å². The van der Waals surface area contributed by atoms with Gasteiger partial charge in [-0.1, -0.05) is 13.8 Å². The van der Waals surface area contributed by atoms with E-state index in [0.717, 1.165) is 6.42 Å². The maximum Gasteiger partial charge on any atom is 0.138 e. The first-order valence-electron chi connectivity index (χ1n) is 4.55. The molecule has 1 aliphatic rings. The summed E-state index contributed by atoms with van der Waals surface area (Å²) in [7, 11) is 0. The zero-order valence-corrected chi connectivity index (χ0v) is 7.96. The van der Waals surface area contributed by atoms with Gasteiger partial charge in [-0.2, -0.15) is 0 Å². The Bertz CT molecular complexity index is 206. The smallest absolute Gasteiger partial charge is 0.138 e. The monoisotopic (exact) mass is 168 g/mol. The van der Waals surface area contributed by atoms with E-state index in [1.165, 1.54) is 0 Å². The SMILES string of the molecule is CC(=O)CC1CC1C(=O)C(C)C. The molecule has 2 unspecified atom stereocenters. The van der Waals surface area contributed by atoms with Crippen molar-refractivity contribution < 1.29 is 9.59 Å². The van der Waals surface area contributed by atoms with Crippen molar-refractivity contribution >= 4 is 11.6 Å². The lowest BCUT2D eigenvalue weighted by atomic mass is 10.0. The summed E-state index contributed by atoms with van der Waals surface area (Å²) >= 11 is 0. The van der Waals surface area contributed by atoms with E-state index < -0.39 is 0 Å². The predicted octanol–water partition coefficient (Wildman–Crippen LogP) is 1.83. The van der Waals surface area contributed by atoms with Crippen LogP contribution in [-0.4, -0.2) is 11.6 Å². The summed E-state index contributed by atoms with van der Waals surface area (Å²) in [6, 6.07) is 0. The molecule has 0 bridgehead atoms. The molecule has 12 heavy (non-hydrogen) atoms. The van der Waals surface area contributed by atoms with Crippen LogP contribution >= 0.6 is 0 Å². The van der Waals surface area contributed by atoms with Gasteiger partial charge in [0.05, 0.1) is 0 Å². The van der Waals surface area contributed by atoms with Crippen molar-refractivity contribution in [1.82, 2.24) is 0 Å². The van der Waals surface area contributed by atoms with Gasteiger partial charge in [0, 0.05) is 18.3 Å². The summed E-state index contributed by atoms with van der Waals surface area (Å²) in [6.45, 7) is 5.44. The summed E-state index contributed by atoms with van der Waals surface area (Å²) in [4.78, 5) is 22.1. The van der Waals surface area contributed by atoms with Crippen molar-refractivity contribution in [2.45, 2.75) is 33.6 Å². The van der Waals surface area contributed by atoms with Crippen LogP contribution in [0.25, 0.3) is 0 Å². The second kappa shape index (κ2) is 3.38. The highest BCUT2D eigenvalue weighted by molar-refractivity contribution is 5.87. The number of carbonyl (C=O) groups excluding carboxylic acids is 2. The van der Waals surface area contributed by atoms with Crippen LogP contribution in [0.1, 0.15) is 33.6 Å². The Kier molecular flexibility index (Phi) is 2.65. The first kappa shape index (κ1) is 9.43. The Morgan fingerprint density at radius 3 is 2.42 bits per heavy atom. The topological polar surface area (TPSA) is 34.1 Å². The molecule has 1 saturated carbocycles. The zero-order chi connectivity index (χ0) is 9.30. The maximum atomic E-state index is 11.4. The van der Waals surface area contributed by atoms with Gasteiger partial charge in [0.15, 0.2) is 0 Å². The van der Waals surface area contributed by atoms with Crippen LogP contribution in [0.5, 0.6) is 0 Å². The second-order valence-electron chi connectivity index (χ2n) is 4.07. The molecule has 1 aliphatic carbocycles. The highest BCUT2D eigenvalue weighted by Gasteiger charge is 2.43. The van der Waals surface area contributed by atoms with Crippen LogP contribution in [-0.2, 0) is 9.59 Å². The van der Waals surface area contributed by atoms with Gasteiger partial charge in [-0.3, -0.25) is 4.79 Å². The lowest BCUT2D eigenvalue weighted by Gasteiger charge is -2.01. The fourth-order valence-corrected chi connectivity index (χ4v) is 1.62. The standard InChI is InChI=1S/C10H16O2/c1-6(2)10(12)9-5-8(9)4-7(3)11/h6,8-9H,4-5H2,1-3H3. The molecule has 2 atom stereocenters. The van der Waals surface area contributed by atoms with Gasteiger partial charge in [0.25, 0.3) is 0 Å². The molecular formula is C10H16O2. The Morgan fingerprint density at radius 1 is 1.42 bits per heavy atom. The number of hydrogen-bond acceptors (Lipinski definition) is 2. The Balaban J connectivity index is 2.32. The average molecular weight is 168 g/mol. The first-order valence-corrected chi connectivity index (χ1v) is 4.55. The molecule has 0 radical (unpaired) electrons. The fourth-order valence-electron chi connectivity index (χ4n) is 1.62. The van der Waals surface area contributed by atoms with Gasteiger partial charge in [0.1, 0.15) is 11.6 Å². The minimum absolute atomic E-state index is 0.131. The van der Waals surface area contributed by atoms with E-state index >= 15 is 0 Å². The summed E-state index contributed by atoms with van der Waals surface area (Å²) in [5.74, 6) is 1.25. The van der Waals surface area contributed by atoms with Crippen LogP contribution in [0.2, 0.25) is 0 Å². The number of Topliss-reactive ketones (excluding diaryl/α,β-unsaturated/α-hetero) is 2. The summed E-state index contributed by atoms with van der Waals surface area (Å²) in [6.07, 6.45) is 1.54. The summed E-state index contributed by atoms with van der Waals surface area (Å²) < 4.78 is 0. The van der Waals surface area contributed by atoms with E-state index in [1.54, 1.807) is 6.92 Å². The van der Waals surface area contributed by atoms with E-state index in [9.17, 15) is 9.59 Å². The highest BCUT2D eigenvalue weighted by Crippen LogP contribution is 2.43. The Labute approximate surface area is 73.3 Å². The lowest BCUT2D eigenvalue weighted by Crippen LogP contribution is -2.11. The van der Waals surface area contributed by atoms with Crippen molar-refractivity contribution in [3.63, 3.8) is 0 Å². The molecule has 0 aromatic carbocycles. The average Bonchev–Trinajstić information content (AvgIpc) is 2.64. The van der Waals surface area contributed by atoms with E-state index in [1.807, 2.05) is 13.8 Å². The summed E-state index contributed by atoms with van der Waals surface area (Å²) in [5, 5.41) is 0. The van der Waals surface area contributed by atoms with Gasteiger partial charge in [-0.25, -0.2) is 0 Å². The number of rotatable bonds is 4. The van der Waals surface area contributed by atoms with E-state index in [0.29, 0.717) is 18.1 Å². The minimum Gasteiger partial charge on any atom is -0.300 e. The highest BCUT2D eigenvalue weighted by atomic mass is 16.1. The van der Waals surface area contributed by atoms with Crippen molar-refractivity contribution in [2.75, 3.05) is 0 Å². The molecule has 0 N–H and O–H groups in total. The van der Waals surface area contributed by atoms with E-state index in [2.05, 4.69) is 0 Å².